The molecule has 1 fully saturated rings. The largest absolute Gasteiger partial charge is 0.378 e. The van der Waals surface area contributed by atoms with Crippen molar-refractivity contribution in [3.8, 4) is 11.1 Å². The predicted molar refractivity (Wildman–Crippen MR) is 134 cm³/mol. The second-order valence-corrected chi connectivity index (χ2v) is 9.53. The molecule has 0 unspecified atom stereocenters. The van der Waals surface area contributed by atoms with E-state index < -0.39 is 0 Å². The van der Waals surface area contributed by atoms with Gasteiger partial charge in [0.25, 0.3) is 5.91 Å². The Morgan fingerprint density at radius 3 is 2.71 bits per heavy atom. The number of fused-ring (bicyclic) bond motifs is 1. The molecule has 0 aliphatic carbocycles. The zero-order valence-electron chi connectivity index (χ0n) is 19.7. The molecule has 5 heterocycles. The Kier molecular flexibility index (Phi) is 5.83. The van der Waals surface area contributed by atoms with Gasteiger partial charge in [-0.2, -0.15) is 0 Å². The van der Waals surface area contributed by atoms with Gasteiger partial charge < -0.3 is 15.0 Å². The highest BCUT2D eigenvalue weighted by Crippen LogP contribution is 2.34. The van der Waals surface area contributed by atoms with Crippen LogP contribution in [0, 0.1) is 0 Å². The van der Waals surface area contributed by atoms with Crippen molar-refractivity contribution in [2.45, 2.75) is 26.3 Å². The van der Waals surface area contributed by atoms with Crippen molar-refractivity contribution in [2.24, 2.45) is 4.99 Å². The SMILES string of the molecule is CC(C)(C)NC(=O)c1cncc(-c2cc(N3CCOCC3)nc3c(C4=CC=NC4)nccc23)c1. The molecule has 3 aromatic rings. The van der Waals surface area contributed by atoms with Gasteiger partial charge in [0.2, 0.25) is 0 Å². The van der Waals surface area contributed by atoms with Gasteiger partial charge in [0.05, 0.1) is 36.5 Å². The lowest BCUT2D eigenvalue weighted by atomic mass is 9.99. The van der Waals surface area contributed by atoms with Gasteiger partial charge >= 0.3 is 0 Å². The van der Waals surface area contributed by atoms with Gasteiger partial charge in [0, 0.05) is 60.0 Å². The van der Waals surface area contributed by atoms with Crippen LogP contribution < -0.4 is 10.2 Å². The zero-order valence-corrected chi connectivity index (χ0v) is 19.7. The van der Waals surface area contributed by atoms with Crippen LogP contribution in [0.5, 0.6) is 0 Å². The molecule has 5 rings (SSSR count). The minimum Gasteiger partial charge on any atom is -0.378 e. The van der Waals surface area contributed by atoms with E-state index in [1.807, 2.05) is 45.2 Å². The van der Waals surface area contributed by atoms with E-state index in [9.17, 15) is 4.79 Å². The molecular formula is C26H28N6O2. The van der Waals surface area contributed by atoms with E-state index in [2.05, 4.69) is 31.2 Å². The molecule has 0 spiro atoms. The number of carbonyl (C=O) groups excluding carboxylic acids is 1. The average molecular weight is 457 g/mol. The number of carbonyl (C=O) groups is 1. The topological polar surface area (TPSA) is 92.6 Å². The van der Waals surface area contributed by atoms with Gasteiger partial charge in [-0.25, -0.2) is 4.98 Å². The molecule has 8 heteroatoms. The Hall–Kier alpha value is -3.65. The molecule has 0 radical (unpaired) electrons. The summed E-state index contributed by atoms with van der Waals surface area (Å²) in [6.45, 7) is 9.34. The van der Waals surface area contributed by atoms with Crippen molar-refractivity contribution >= 4 is 34.4 Å². The molecule has 174 valence electrons. The number of anilines is 1. The number of allylic oxidation sites excluding steroid dienone is 1. The van der Waals surface area contributed by atoms with Crippen LogP contribution in [0.25, 0.3) is 27.6 Å². The normalized spacial score (nSPS) is 16.1. The van der Waals surface area contributed by atoms with E-state index >= 15 is 0 Å². The molecule has 2 aliphatic heterocycles. The summed E-state index contributed by atoms with van der Waals surface area (Å²) in [7, 11) is 0. The highest BCUT2D eigenvalue weighted by molar-refractivity contribution is 6.03. The fraction of sp³-hybridized carbons (Fsp3) is 0.346. The summed E-state index contributed by atoms with van der Waals surface area (Å²) in [6, 6.07) is 5.95. The molecule has 0 atom stereocenters. The van der Waals surface area contributed by atoms with Crippen LogP contribution in [-0.2, 0) is 4.74 Å². The van der Waals surface area contributed by atoms with Crippen LogP contribution in [0.1, 0.15) is 36.8 Å². The Morgan fingerprint density at radius 2 is 1.97 bits per heavy atom. The third-order valence-corrected chi connectivity index (χ3v) is 5.80. The monoisotopic (exact) mass is 456 g/mol. The summed E-state index contributed by atoms with van der Waals surface area (Å²) in [6.07, 6.45) is 9.00. The minimum atomic E-state index is -0.336. The molecule has 1 saturated heterocycles. The van der Waals surface area contributed by atoms with Gasteiger partial charge in [-0.05, 0) is 50.6 Å². The van der Waals surface area contributed by atoms with Crippen LogP contribution in [0.4, 0.5) is 5.82 Å². The van der Waals surface area contributed by atoms with E-state index in [0.717, 1.165) is 52.2 Å². The maximum Gasteiger partial charge on any atom is 0.253 e. The van der Waals surface area contributed by atoms with E-state index in [4.69, 9.17) is 9.72 Å². The summed E-state index contributed by atoms with van der Waals surface area (Å²) in [5.74, 6) is 0.716. The van der Waals surface area contributed by atoms with Crippen LogP contribution in [0.15, 0.2) is 47.9 Å². The first-order valence-electron chi connectivity index (χ1n) is 11.5. The van der Waals surface area contributed by atoms with Crippen molar-refractivity contribution in [3.63, 3.8) is 0 Å². The van der Waals surface area contributed by atoms with Gasteiger partial charge in [-0.1, -0.05) is 0 Å². The molecule has 3 aromatic heterocycles. The number of nitrogens with zero attached hydrogens (tertiary/aromatic N) is 5. The van der Waals surface area contributed by atoms with E-state index in [1.54, 1.807) is 18.6 Å². The Balaban J connectivity index is 1.66. The van der Waals surface area contributed by atoms with Gasteiger partial charge in [-0.3, -0.25) is 19.8 Å². The molecule has 0 aromatic carbocycles. The maximum absolute atomic E-state index is 12.8. The first kappa shape index (κ1) is 22.2. The lowest BCUT2D eigenvalue weighted by molar-refractivity contribution is 0.0919. The third kappa shape index (κ3) is 4.54. The number of amides is 1. The lowest BCUT2D eigenvalue weighted by Crippen LogP contribution is -2.40. The van der Waals surface area contributed by atoms with Crippen LogP contribution >= 0.6 is 0 Å². The van der Waals surface area contributed by atoms with Gasteiger partial charge in [0.15, 0.2) is 0 Å². The fourth-order valence-electron chi connectivity index (χ4n) is 4.19. The lowest BCUT2D eigenvalue weighted by Gasteiger charge is -2.28. The van der Waals surface area contributed by atoms with Crippen LogP contribution in [0.2, 0.25) is 0 Å². The Bertz CT molecular complexity index is 1300. The molecule has 1 N–H and O–H groups in total. The molecule has 0 saturated carbocycles. The second-order valence-electron chi connectivity index (χ2n) is 9.53. The minimum absolute atomic E-state index is 0.149. The third-order valence-electron chi connectivity index (χ3n) is 5.80. The molecule has 1 amide bonds. The molecule has 8 nitrogen and oxygen atoms in total. The van der Waals surface area contributed by atoms with Crippen molar-refractivity contribution in [1.82, 2.24) is 20.3 Å². The summed E-state index contributed by atoms with van der Waals surface area (Å²) < 4.78 is 5.55. The Morgan fingerprint density at radius 1 is 1.15 bits per heavy atom. The van der Waals surface area contributed by atoms with Gasteiger partial charge in [-0.15, -0.1) is 0 Å². The fourth-order valence-corrected chi connectivity index (χ4v) is 4.19. The van der Waals surface area contributed by atoms with Gasteiger partial charge in [0.1, 0.15) is 5.82 Å². The summed E-state index contributed by atoms with van der Waals surface area (Å²) in [5.41, 5.74) is 4.71. The summed E-state index contributed by atoms with van der Waals surface area (Å²) >= 11 is 0. The predicted octanol–water partition coefficient (Wildman–Crippen LogP) is 3.52. The second kappa shape index (κ2) is 8.95. The maximum atomic E-state index is 12.8. The molecule has 34 heavy (non-hydrogen) atoms. The summed E-state index contributed by atoms with van der Waals surface area (Å²) in [4.78, 5) is 33.5. The van der Waals surface area contributed by atoms with Crippen LogP contribution in [-0.4, -0.2) is 65.5 Å². The molecular weight excluding hydrogens is 428 g/mol. The van der Waals surface area contributed by atoms with Crippen molar-refractivity contribution < 1.29 is 9.53 Å². The number of ether oxygens (including phenoxy) is 1. The standard InChI is InChI=1S/C26H28N6O2/c1-26(2,3)31-25(33)19-12-18(15-28-16-19)21-13-22(32-8-10-34-11-9-32)30-24-20(21)5-7-29-23(24)17-4-6-27-14-17/h4-7,12-13,15-16H,8-11,14H2,1-3H3,(H,31,33). The number of rotatable bonds is 4. The molecule has 0 bridgehead atoms. The number of aromatic nitrogens is 3. The molecule has 2 aliphatic rings. The van der Waals surface area contributed by atoms with Crippen molar-refractivity contribution in [2.75, 3.05) is 37.7 Å². The number of morpholine rings is 1. The van der Waals surface area contributed by atoms with E-state index in [0.29, 0.717) is 25.3 Å². The first-order valence-corrected chi connectivity index (χ1v) is 11.5. The smallest absolute Gasteiger partial charge is 0.253 e. The Labute approximate surface area is 198 Å². The number of pyridine rings is 3. The van der Waals surface area contributed by atoms with E-state index in [-0.39, 0.29) is 11.4 Å². The van der Waals surface area contributed by atoms with E-state index in [1.165, 1.54) is 0 Å². The highest BCUT2D eigenvalue weighted by atomic mass is 16.5. The number of hydrogen-bond acceptors (Lipinski definition) is 7. The average Bonchev–Trinajstić information content (AvgIpc) is 3.37. The first-order chi connectivity index (χ1) is 16.4. The zero-order chi connectivity index (χ0) is 23.7. The number of nitrogens with one attached hydrogen (secondary N) is 1. The highest BCUT2D eigenvalue weighted by Gasteiger charge is 2.21. The quantitative estimate of drug-likeness (QED) is 0.646. The van der Waals surface area contributed by atoms with Crippen molar-refractivity contribution in [1.29, 1.82) is 0 Å². The number of aliphatic imine (C=N–C) groups is 1. The van der Waals surface area contributed by atoms with Crippen LogP contribution in [0.3, 0.4) is 0 Å². The summed E-state index contributed by atoms with van der Waals surface area (Å²) in [5, 5.41) is 3.98. The van der Waals surface area contributed by atoms with Crippen molar-refractivity contribution in [3.05, 3.63) is 54.1 Å². The number of hydrogen-bond donors (Lipinski definition) is 1.